The molecular weight excluding hydrogens is 995 g/mol. The Morgan fingerprint density at radius 3 is 0.975 bits per heavy atom. The minimum atomic E-state index is -1.56. The van der Waals surface area contributed by atoms with E-state index in [9.17, 15) is 30.3 Å². The van der Waals surface area contributed by atoms with Crippen LogP contribution in [0.3, 0.4) is 0 Å². The third-order valence-electron chi connectivity index (χ3n) is 17.6. The van der Waals surface area contributed by atoms with Crippen molar-refractivity contribution < 1.29 is 39.8 Å². The Labute approximate surface area is 496 Å². The van der Waals surface area contributed by atoms with Crippen molar-refractivity contribution in [2.45, 2.75) is 423 Å². The van der Waals surface area contributed by atoms with Gasteiger partial charge in [-0.15, -0.1) is 0 Å². The van der Waals surface area contributed by atoms with Crippen LogP contribution in [0.1, 0.15) is 380 Å². The molecule has 0 aliphatic carbocycles. The summed E-state index contributed by atoms with van der Waals surface area (Å²) in [6.07, 6.45) is 71.9. The molecule has 0 radical (unpaired) electrons. The molecule has 1 amide bonds. The molecule has 1 aliphatic rings. The molecule has 0 spiro atoms. The maximum Gasteiger partial charge on any atom is 0.220 e. The van der Waals surface area contributed by atoms with Crippen LogP contribution in [0.4, 0.5) is 0 Å². The SMILES string of the molecule is CCCCCCCCCCCCCCCCCCCCCCCCCCCC/C=C/C(O)C(COC1OC(CO)C(O)C(O)C1O)NC(=O)CCCCCCCCCCCCCCCCCCCCCCCCCCCCCCC. The Kier molecular flexibility index (Phi) is 58.7. The van der Waals surface area contributed by atoms with Crippen molar-refractivity contribution in [2.24, 2.45) is 0 Å². The van der Waals surface area contributed by atoms with Gasteiger partial charge in [-0.1, -0.05) is 366 Å². The lowest BCUT2D eigenvalue weighted by Gasteiger charge is -2.40. The average molecular weight is 1130 g/mol. The number of amides is 1. The molecule has 0 saturated carbocycles. The smallest absolute Gasteiger partial charge is 0.220 e. The van der Waals surface area contributed by atoms with Crippen molar-refractivity contribution in [3.8, 4) is 0 Å². The van der Waals surface area contributed by atoms with Crippen molar-refractivity contribution >= 4 is 5.91 Å². The summed E-state index contributed by atoms with van der Waals surface area (Å²) in [5.74, 6) is -0.166. The van der Waals surface area contributed by atoms with Gasteiger partial charge in [-0.3, -0.25) is 4.79 Å². The third-order valence-corrected chi connectivity index (χ3v) is 17.6. The lowest BCUT2D eigenvalue weighted by atomic mass is 9.99. The van der Waals surface area contributed by atoms with Gasteiger partial charge in [-0.05, 0) is 19.3 Å². The molecule has 9 heteroatoms. The number of carbonyl (C=O) groups is 1. The molecule has 6 N–H and O–H groups in total. The van der Waals surface area contributed by atoms with Crippen LogP contribution in [0.15, 0.2) is 12.2 Å². The van der Waals surface area contributed by atoms with Crippen LogP contribution in [0.25, 0.3) is 0 Å². The van der Waals surface area contributed by atoms with Crippen molar-refractivity contribution in [1.29, 1.82) is 0 Å². The quantitative estimate of drug-likeness (QED) is 0.0261. The van der Waals surface area contributed by atoms with E-state index in [1.54, 1.807) is 6.08 Å². The Balaban J connectivity index is 2.11. The molecule has 7 unspecified atom stereocenters. The molecule has 1 rings (SSSR count). The molecule has 0 aromatic heterocycles. The van der Waals surface area contributed by atoms with Gasteiger partial charge in [0.05, 0.1) is 25.4 Å². The van der Waals surface area contributed by atoms with Crippen LogP contribution >= 0.6 is 0 Å². The van der Waals surface area contributed by atoms with E-state index in [1.165, 1.54) is 321 Å². The second-order valence-electron chi connectivity index (χ2n) is 25.4. The van der Waals surface area contributed by atoms with Crippen LogP contribution in [0.2, 0.25) is 0 Å². The fourth-order valence-corrected chi connectivity index (χ4v) is 12.0. The maximum absolute atomic E-state index is 13.1. The van der Waals surface area contributed by atoms with E-state index in [0.717, 1.165) is 38.5 Å². The van der Waals surface area contributed by atoms with Gasteiger partial charge in [0.2, 0.25) is 5.91 Å². The molecule has 0 aromatic rings. The van der Waals surface area contributed by atoms with Crippen LogP contribution in [-0.4, -0.2) is 87.5 Å². The molecule has 1 fully saturated rings. The number of unbranched alkanes of at least 4 members (excludes halogenated alkanes) is 54. The second-order valence-corrected chi connectivity index (χ2v) is 25.4. The third kappa shape index (κ3) is 49.2. The number of aliphatic hydroxyl groups is 5. The predicted octanol–water partition coefficient (Wildman–Crippen LogP) is 19.5. The summed E-state index contributed by atoms with van der Waals surface area (Å²) in [5, 5.41) is 54.8. The highest BCUT2D eigenvalue weighted by atomic mass is 16.7. The number of nitrogens with one attached hydrogen (secondary N) is 1. The number of rotatable bonds is 64. The zero-order valence-corrected chi connectivity index (χ0v) is 53.4. The predicted molar refractivity (Wildman–Crippen MR) is 341 cm³/mol. The first-order chi connectivity index (χ1) is 39.3. The minimum absolute atomic E-state index is 0.166. The highest BCUT2D eigenvalue weighted by molar-refractivity contribution is 5.76. The van der Waals surface area contributed by atoms with Gasteiger partial charge in [0.1, 0.15) is 24.4 Å². The lowest BCUT2D eigenvalue weighted by Crippen LogP contribution is -2.60. The summed E-state index contributed by atoms with van der Waals surface area (Å²) in [6.45, 7) is 3.85. The second kappa shape index (κ2) is 61.0. The molecule has 476 valence electrons. The van der Waals surface area contributed by atoms with Gasteiger partial charge in [-0.2, -0.15) is 0 Å². The molecule has 7 atom stereocenters. The van der Waals surface area contributed by atoms with Crippen LogP contribution in [-0.2, 0) is 14.3 Å². The van der Waals surface area contributed by atoms with Crippen LogP contribution in [0.5, 0.6) is 0 Å². The molecule has 1 saturated heterocycles. The van der Waals surface area contributed by atoms with Crippen molar-refractivity contribution in [3.05, 3.63) is 12.2 Å². The van der Waals surface area contributed by atoms with Gasteiger partial charge in [0.15, 0.2) is 6.29 Å². The molecule has 1 aliphatic heterocycles. The molecule has 9 nitrogen and oxygen atoms in total. The largest absolute Gasteiger partial charge is 0.394 e. The number of allylic oxidation sites excluding steroid dienone is 1. The molecule has 1 heterocycles. The summed E-state index contributed by atoms with van der Waals surface area (Å²) in [5.41, 5.74) is 0. The summed E-state index contributed by atoms with van der Waals surface area (Å²) >= 11 is 0. The standard InChI is InChI=1S/C71H139NO8/c1-3-5-7-9-11-13-15-17-19-21-23-25-27-29-31-33-35-37-39-41-43-45-47-49-51-53-55-57-59-61-67(75)72-64(63-79-71-70(78)69(77)68(76)66(62-73)80-71)65(74)60-58-56-54-52-50-48-46-44-42-40-38-36-34-32-30-28-26-24-22-20-18-16-14-12-10-8-6-4-2/h58,60,64-66,68-71,73-74,76-78H,3-57,59,61-63H2,1-2H3,(H,72,75)/b60-58+. The molecule has 0 aromatic carbocycles. The number of carbonyl (C=O) groups excluding carboxylic acids is 1. The Morgan fingerprint density at radius 2 is 0.688 bits per heavy atom. The first kappa shape index (κ1) is 76.9. The fourth-order valence-electron chi connectivity index (χ4n) is 12.0. The zero-order valence-electron chi connectivity index (χ0n) is 53.4. The summed E-state index contributed by atoms with van der Waals surface area (Å²) in [7, 11) is 0. The number of hydrogen-bond donors (Lipinski definition) is 6. The number of hydrogen-bond acceptors (Lipinski definition) is 8. The van der Waals surface area contributed by atoms with E-state index in [4.69, 9.17) is 9.47 Å². The molecule has 80 heavy (non-hydrogen) atoms. The normalized spacial score (nSPS) is 18.4. The van der Waals surface area contributed by atoms with Crippen LogP contribution < -0.4 is 5.32 Å². The van der Waals surface area contributed by atoms with Gasteiger partial charge >= 0.3 is 0 Å². The van der Waals surface area contributed by atoms with Crippen molar-refractivity contribution in [1.82, 2.24) is 5.32 Å². The van der Waals surface area contributed by atoms with Crippen LogP contribution in [0, 0.1) is 0 Å². The van der Waals surface area contributed by atoms with Gasteiger partial charge in [0.25, 0.3) is 0 Å². The highest BCUT2D eigenvalue weighted by Crippen LogP contribution is 2.24. The van der Waals surface area contributed by atoms with Gasteiger partial charge in [-0.25, -0.2) is 0 Å². The highest BCUT2D eigenvalue weighted by Gasteiger charge is 2.44. The van der Waals surface area contributed by atoms with E-state index in [0.29, 0.717) is 6.42 Å². The van der Waals surface area contributed by atoms with Crippen molar-refractivity contribution in [2.75, 3.05) is 13.2 Å². The summed E-state index contributed by atoms with van der Waals surface area (Å²) in [4.78, 5) is 13.1. The van der Waals surface area contributed by atoms with E-state index >= 15 is 0 Å². The van der Waals surface area contributed by atoms with E-state index in [-0.39, 0.29) is 12.5 Å². The maximum atomic E-state index is 13.1. The Morgan fingerprint density at radius 1 is 0.412 bits per heavy atom. The van der Waals surface area contributed by atoms with E-state index in [2.05, 4.69) is 19.2 Å². The Bertz CT molecular complexity index is 1270. The van der Waals surface area contributed by atoms with Gasteiger partial charge < -0.3 is 40.3 Å². The Hall–Kier alpha value is -1.07. The van der Waals surface area contributed by atoms with E-state index < -0.39 is 49.5 Å². The number of aliphatic hydroxyl groups excluding tert-OH is 5. The minimum Gasteiger partial charge on any atom is -0.394 e. The van der Waals surface area contributed by atoms with Gasteiger partial charge in [0, 0.05) is 6.42 Å². The first-order valence-electron chi connectivity index (χ1n) is 35.9. The number of ether oxygens (including phenoxy) is 2. The first-order valence-corrected chi connectivity index (χ1v) is 35.9. The van der Waals surface area contributed by atoms with Crippen molar-refractivity contribution in [3.63, 3.8) is 0 Å². The zero-order chi connectivity index (χ0) is 57.9. The summed E-state index contributed by atoms with van der Waals surface area (Å²) in [6, 6.07) is -0.802. The summed E-state index contributed by atoms with van der Waals surface area (Å²) < 4.78 is 11.3. The van der Waals surface area contributed by atoms with E-state index in [1.807, 2.05) is 6.08 Å². The topological polar surface area (TPSA) is 149 Å². The molecule has 0 bridgehead atoms. The lowest BCUT2D eigenvalue weighted by molar-refractivity contribution is -0.302. The monoisotopic (exact) mass is 1130 g/mol. The molecular formula is C71H139NO8. The average Bonchev–Trinajstić information content (AvgIpc) is 3.46. The fraction of sp³-hybridized carbons (Fsp3) is 0.958.